The standard InChI is InChI=1S/C8H15NO3/c1-2-3-4-5-9-6-12-8(11)7(9)10/h8,11H,2-6H2,1H3. The summed E-state index contributed by atoms with van der Waals surface area (Å²) < 4.78 is 4.74. The van der Waals surface area contributed by atoms with Crippen LogP contribution in [0.1, 0.15) is 26.2 Å². The Bertz CT molecular complexity index is 160. The van der Waals surface area contributed by atoms with Gasteiger partial charge in [-0.1, -0.05) is 19.8 Å². The van der Waals surface area contributed by atoms with Crippen LogP contribution in [0, 0.1) is 0 Å². The lowest BCUT2D eigenvalue weighted by molar-refractivity contribution is -0.143. The number of nitrogens with zero attached hydrogens (tertiary/aromatic N) is 1. The first-order valence-corrected chi connectivity index (χ1v) is 4.34. The Hall–Kier alpha value is -0.610. The molecule has 1 heterocycles. The minimum atomic E-state index is -1.22. The van der Waals surface area contributed by atoms with E-state index in [0.717, 1.165) is 19.3 Å². The van der Waals surface area contributed by atoms with E-state index in [4.69, 9.17) is 9.84 Å². The van der Waals surface area contributed by atoms with Crippen LogP contribution in [0.25, 0.3) is 0 Å². The zero-order valence-corrected chi connectivity index (χ0v) is 7.32. The summed E-state index contributed by atoms with van der Waals surface area (Å²) in [6.07, 6.45) is 2.01. The maximum Gasteiger partial charge on any atom is 0.281 e. The number of hydrogen-bond donors (Lipinski definition) is 1. The smallest absolute Gasteiger partial charge is 0.281 e. The lowest BCUT2D eigenvalue weighted by Gasteiger charge is -2.12. The van der Waals surface area contributed by atoms with Gasteiger partial charge < -0.3 is 14.7 Å². The van der Waals surface area contributed by atoms with Gasteiger partial charge in [0.05, 0.1) is 0 Å². The summed E-state index contributed by atoms with van der Waals surface area (Å²) in [4.78, 5) is 12.6. The topological polar surface area (TPSA) is 49.8 Å². The summed E-state index contributed by atoms with van der Waals surface area (Å²) in [6, 6.07) is 0. The van der Waals surface area contributed by atoms with Crippen molar-refractivity contribution in [3.05, 3.63) is 0 Å². The van der Waals surface area contributed by atoms with Crippen molar-refractivity contribution in [1.82, 2.24) is 4.90 Å². The fourth-order valence-electron chi connectivity index (χ4n) is 1.18. The summed E-state index contributed by atoms with van der Waals surface area (Å²) in [5.74, 6) is -0.300. The van der Waals surface area contributed by atoms with E-state index in [0.29, 0.717) is 6.54 Å². The molecule has 1 unspecified atom stereocenters. The van der Waals surface area contributed by atoms with Gasteiger partial charge in [0.1, 0.15) is 6.73 Å². The van der Waals surface area contributed by atoms with E-state index in [2.05, 4.69) is 6.92 Å². The zero-order chi connectivity index (χ0) is 8.97. The van der Waals surface area contributed by atoms with Crippen molar-refractivity contribution in [2.45, 2.75) is 32.5 Å². The van der Waals surface area contributed by atoms with Gasteiger partial charge >= 0.3 is 0 Å². The SMILES string of the molecule is CCCCCN1COC(O)C1=O. The van der Waals surface area contributed by atoms with E-state index in [1.165, 1.54) is 0 Å². The van der Waals surface area contributed by atoms with E-state index in [1.54, 1.807) is 4.90 Å². The number of carbonyl (C=O) groups excluding carboxylic acids is 1. The third-order valence-corrected chi connectivity index (χ3v) is 1.94. The molecule has 12 heavy (non-hydrogen) atoms. The Morgan fingerprint density at radius 2 is 2.42 bits per heavy atom. The number of carbonyl (C=O) groups is 1. The third-order valence-electron chi connectivity index (χ3n) is 1.94. The van der Waals surface area contributed by atoms with Gasteiger partial charge in [-0.3, -0.25) is 4.79 Å². The predicted molar refractivity (Wildman–Crippen MR) is 43.2 cm³/mol. The molecule has 0 aromatic heterocycles. The van der Waals surface area contributed by atoms with E-state index in [1.807, 2.05) is 0 Å². The van der Waals surface area contributed by atoms with Gasteiger partial charge in [-0.15, -0.1) is 0 Å². The highest BCUT2D eigenvalue weighted by molar-refractivity contribution is 5.80. The molecule has 0 aliphatic carbocycles. The molecule has 1 rings (SSSR count). The lowest BCUT2D eigenvalue weighted by Crippen LogP contribution is -2.30. The van der Waals surface area contributed by atoms with Crippen molar-refractivity contribution in [2.75, 3.05) is 13.3 Å². The number of unbranched alkanes of at least 4 members (excludes halogenated alkanes) is 2. The molecule has 0 radical (unpaired) electrons. The number of rotatable bonds is 4. The molecule has 0 aromatic carbocycles. The van der Waals surface area contributed by atoms with Crippen LogP contribution in [0.4, 0.5) is 0 Å². The van der Waals surface area contributed by atoms with E-state index in [-0.39, 0.29) is 12.6 Å². The Morgan fingerprint density at radius 1 is 1.67 bits per heavy atom. The van der Waals surface area contributed by atoms with Crippen molar-refractivity contribution < 1.29 is 14.6 Å². The summed E-state index contributed by atoms with van der Waals surface area (Å²) in [5, 5.41) is 8.91. The first kappa shape index (κ1) is 9.48. The normalized spacial score (nSPS) is 23.7. The second-order valence-electron chi connectivity index (χ2n) is 2.96. The Labute approximate surface area is 72.1 Å². The van der Waals surface area contributed by atoms with Crippen LogP contribution < -0.4 is 0 Å². The van der Waals surface area contributed by atoms with Gasteiger partial charge in [-0.25, -0.2) is 0 Å². The maximum absolute atomic E-state index is 11.1. The largest absolute Gasteiger partial charge is 0.360 e. The number of ether oxygens (including phenoxy) is 1. The maximum atomic E-state index is 11.1. The van der Waals surface area contributed by atoms with E-state index < -0.39 is 6.29 Å². The van der Waals surface area contributed by atoms with Crippen molar-refractivity contribution in [2.24, 2.45) is 0 Å². The molecule has 0 spiro atoms. The minimum absolute atomic E-state index is 0.240. The molecule has 1 aliphatic heterocycles. The van der Waals surface area contributed by atoms with Crippen molar-refractivity contribution >= 4 is 5.91 Å². The van der Waals surface area contributed by atoms with E-state index in [9.17, 15) is 4.79 Å². The van der Waals surface area contributed by atoms with E-state index >= 15 is 0 Å². The Balaban J connectivity index is 2.20. The predicted octanol–water partition coefficient (Wildman–Crippen LogP) is 0.311. The first-order chi connectivity index (χ1) is 5.75. The fraction of sp³-hybridized carbons (Fsp3) is 0.875. The lowest BCUT2D eigenvalue weighted by atomic mass is 10.2. The molecule has 0 bridgehead atoms. The second-order valence-corrected chi connectivity index (χ2v) is 2.96. The number of aliphatic hydroxyl groups excluding tert-OH is 1. The highest BCUT2D eigenvalue weighted by atomic mass is 16.6. The van der Waals surface area contributed by atoms with Crippen LogP contribution in [0.3, 0.4) is 0 Å². The first-order valence-electron chi connectivity index (χ1n) is 4.34. The molecular weight excluding hydrogens is 158 g/mol. The average Bonchev–Trinajstić information content (AvgIpc) is 2.36. The van der Waals surface area contributed by atoms with Gasteiger partial charge in [-0.2, -0.15) is 0 Å². The monoisotopic (exact) mass is 173 g/mol. The summed E-state index contributed by atoms with van der Waals surface area (Å²) in [5.41, 5.74) is 0. The highest BCUT2D eigenvalue weighted by Crippen LogP contribution is 2.08. The molecule has 1 saturated heterocycles. The van der Waals surface area contributed by atoms with Gasteiger partial charge in [-0.05, 0) is 6.42 Å². The quantitative estimate of drug-likeness (QED) is 0.622. The fourth-order valence-corrected chi connectivity index (χ4v) is 1.18. The molecule has 1 atom stereocenters. The second kappa shape index (κ2) is 4.42. The molecule has 0 saturated carbocycles. The molecule has 4 heteroatoms. The van der Waals surface area contributed by atoms with Gasteiger partial charge in [0.25, 0.3) is 5.91 Å². The Kier molecular flexibility index (Phi) is 3.49. The van der Waals surface area contributed by atoms with Crippen LogP contribution in [-0.2, 0) is 9.53 Å². The molecule has 1 N–H and O–H groups in total. The molecule has 1 amide bonds. The van der Waals surface area contributed by atoms with Crippen LogP contribution in [0.5, 0.6) is 0 Å². The number of amides is 1. The highest BCUT2D eigenvalue weighted by Gasteiger charge is 2.29. The van der Waals surface area contributed by atoms with Crippen LogP contribution in [-0.4, -0.2) is 35.5 Å². The molecule has 1 fully saturated rings. The molecule has 4 nitrogen and oxygen atoms in total. The van der Waals surface area contributed by atoms with Gasteiger partial charge in [0.2, 0.25) is 6.29 Å². The van der Waals surface area contributed by atoms with Gasteiger partial charge in [0.15, 0.2) is 0 Å². The van der Waals surface area contributed by atoms with Crippen molar-refractivity contribution in [3.8, 4) is 0 Å². The number of hydrogen-bond acceptors (Lipinski definition) is 3. The molecule has 1 aliphatic rings. The molecule has 0 aromatic rings. The zero-order valence-electron chi connectivity index (χ0n) is 7.32. The number of aliphatic hydroxyl groups is 1. The summed E-state index contributed by atoms with van der Waals surface area (Å²) >= 11 is 0. The Morgan fingerprint density at radius 3 is 2.92 bits per heavy atom. The molecular formula is C8H15NO3. The summed E-state index contributed by atoms with van der Waals surface area (Å²) in [6.45, 7) is 3.05. The van der Waals surface area contributed by atoms with Crippen LogP contribution in [0.2, 0.25) is 0 Å². The van der Waals surface area contributed by atoms with Gasteiger partial charge in [0, 0.05) is 6.54 Å². The van der Waals surface area contributed by atoms with Crippen molar-refractivity contribution in [1.29, 1.82) is 0 Å². The third kappa shape index (κ3) is 2.19. The average molecular weight is 173 g/mol. The van der Waals surface area contributed by atoms with Crippen molar-refractivity contribution in [3.63, 3.8) is 0 Å². The van der Waals surface area contributed by atoms with Crippen LogP contribution >= 0.6 is 0 Å². The summed E-state index contributed by atoms with van der Waals surface area (Å²) in [7, 11) is 0. The van der Waals surface area contributed by atoms with Crippen LogP contribution in [0.15, 0.2) is 0 Å². The molecule has 70 valence electrons. The minimum Gasteiger partial charge on any atom is -0.360 e.